The van der Waals surface area contributed by atoms with Crippen LogP contribution in [0.1, 0.15) is 17.0 Å². The van der Waals surface area contributed by atoms with E-state index >= 15 is 0 Å². The first kappa shape index (κ1) is 16.2. The van der Waals surface area contributed by atoms with Crippen LogP contribution in [0.25, 0.3) is 0 Å². The lowest BCUT2D eigenvalue weighted by Crippen LogP contribution is -2.31. The van der Waals surface area contributed by atoms with Crippen LogP contribution in [0.4, 0.5) is 5.69 Å². The Kier molecular flexibility index (Phi) is 4.35. The minimum absolute atomic E-state index is 0.107. The van der Waals surface area contributed by atoms with Crippen molar-refractivity contribution in [2.45, 2.75) is 25.3 Å². The topological polar surface area (TPSA) is 76.3 Å². The van der Waals surface area contributed by atoms with Crippen LogP contribution in [-0.4, -0.2) is 18.6 Å². The molecular weight excluding hydrogens is 326 g/mol. The lowest BCUT2D eigenvalue weighted by atomic mass is 10.2. The summed E-state index contributed by atoms with van der Waals surface area (Å²) in [5, 5.41) is 3.77. The number of hydrogen-bond acceptors (Lipinski definition) is 5. The number of rotatable bonds is 5. The van der Waals surface area contributed by atoms with Gasteiger partial charge in [-0.2, -0.15) is 0 Å². The fraction of sp³-hybridized carbons (Fsp3) is 0.176. The smallest absolute Gasteiger partial charge is 0.270 e. The molecule has 0 bridgehead atoms. The first-order chi connectivity index (χ1) is 11.5. The highest BCUT2D eigenvalue weighted by atomic mass is 32.2. The highest BCUT2D eigenvalue weighted by Crippen LogP contribution is 2.29. The van der Waals surface area contributed by atoms with Crippen LogP contribution in [0.3, 0.4) is 0 Å². The molecular formula is C17H17N3O3S. The number of benzene rings is 1. The van der Waals surface area contributed by atoms with Crippen molar-refractivity contribution >= 4 is 15.7 Å². The molecule has 1 aromatic carbocycles. The van der Waals surface area contributed by atoms with Gasteiger partial charge in [-0.1, -0.05) is 29.4 Å². The highest BCUT2D eigenvalue weighted by Gasteiger charge is 2.31. The van der Waals surface area contributed by atoms with Crippen molar-refractivity contribution < 1.29 is 12.9 Å². The van der Waals surface area contributed by atoms with E-state index in [2.05, 4.69) is 10.1 Å². The number of sulfonamides is 1. The van der Waals surface area contributed by atoms with E-state index in [1.807, 2.05) is 12.1 Å². The van der Waals surface area contributed by atoms with Gasteiger partial charge in [-0.25, -0.2) is 8.42 Å². The zero-order chi connectivity index (χ0) is 17.2. The van der Waals surface area contributed by atoms with Crippen molar-refractivity contribution in [2.75, 3.05) is 4.31 Å². The first-order valence-electron chi connectivity index (χ1n) is 7.39. The van der Waals surface area contributed by atoms with Gasteiger partial charge >= 0.3 is 0 Å². The van der Waals surface area contributed by atoms with Gasteiger partial charge in [0.05, 0.1) is 12.2 Å². The zero-order valence-corrected chi connectivity index (χ0v) is 14.2. The molecule has 0 unspecified atom stereocenters. The summed E-state index contributed by atoms with van der Waals surface area (Å²) in [5.74, 6) is 0.277. The van der Waals surface area contributed by atoms with Crippen molar-refractivity contribution in [2.24, 2.45) is 0 Å². The maximum atomic E-state index is 13.2. The molecule has 0 spiro atoms. The number of hydrogen-bond donors (Lipinski definition) is 0. The van der Waals surface area contributed by atoms with Gasteiger partial charge in [0, 0.05) is 12.4 Å². The molecule has 2 heterocycles. The predicted molar refractivity (Wildman–Crippen MR) is 90.0 cm³/mol. The summed E-state index contributed by atoms with van der Waals surface area (Å²) >= 11 is 0. The number of anilines is 1. The third kappa shape index (κ3) is 3.03. The molecule has 3 aromatic rings. The van der Waals surface area contributed by atoms with Crippen LogP contribution >= 0.6 is 0 Å². The summed E-state index contributed by atoms with van der Waals surface area (Å²) in [5.41, 5.74) is 1.71. The average molecular weight is 343 g/mol. The SMILES string of the molecule is Cc1noc(C)c1S(=O)(=O)N(Cc1cccnc1)c1ccccc1. The van der Waals surface area contributed by atoms with E-state index in [1.165, 1.54) is 4.31 Å². The highest BCUT2D eigenvalue weighted by molar-refractivity contribution is 7.92. The molecule has 0 aliphatic rings. The van der Waals surface area contributed by atoms with E-state index in [9.17, 15) is 8.42 Å². The molecule has 3 rings (SSSR count). The van der Waals surface area contributed by atoms with E-state index < -0.39 is 10.0 Å². The van der Waals surface area contributed by atoms with Gasteiger partial charge in [-0.15, -0.1) is 0 Å². The molecule has 2 aromatic heterocycles. The summed E-state index contributed by atoms with van der Waals surface area (Å²) in [7, 11) is -3.82. The lowest BCUT2D eigenvalue weighted by molar-refractivity contribution is 0.390. The molecule has 24 heavy (non-hydrogen) atoms. The van der Waals surface area contributed by atoms with Crippen LogP contribution in [-0.2, 0) is 16.6 Å². The van der Waals surface area contributed by atoms with E-state index in [0.29, 0.717) is 11.4 Å². The predicted octanol–water partition coefficient (Wildman–Crippen LogP) is 3.08. The monoisotopic (exact) mass is 343 g/mol. The number of aryl methyl sites for hydroxylation is 2. The van der Waals surface area contributed by atoms with Crippen molar-refractivity contribution in [3.8, 4) is 0 Å². The molecule has 0 saturated heterocycles. The zero-order valence-electron chi connectivity index (χ0n) is 13.4. The Bertz CT molecular complexity index is 903. The molecule has 0 aliphatic heterocycles. The van der Waals surface area contributed by atoms with Crippen molar-refractivity contribution in [3.05, 3.63) is 71.9 Å². The van der Waals surface area contributed by atoms with Gasteiger partial charge in [-0.3, -0.25) is 9.29 Å². The third-order valence-corrected chi connectivity index (χ3v) is 5.63. The maximum absolute atomic E-state index is 13.2. The number of pyridine rings is 1. The van der Waals surface area contributed by atoms with Gasteiger partial charge in [0.2, 0.25) is 0 Å². The fourth-order valence-corrected chi connectivity index (χ4v) is 4.27. The maximum Gasteiger partial charge on any atom is 0.270 e. The van der Waals surface area contributed by atoms with Crippen LogP contribution in [0.2, 0.25) is 0 Å². The summed E-state index contributed by atoms with van der Waals surface area (Å²) < 4.78 is 32.9. The second-order valence-corrected chi connectivity index (χ2v) is 7.16. The fourth-order valence-electron chi connectivity index (χ4n) is 2.52. The second-order valence-electron chi connectivity index (χ2n) is 5.36. The molecule has 0 amide bonds. The molecule has 0 radical (unpaired) electrons. The molecule has 0 atom stereocenters. The normalized spacial score (nSPS) is 11.4. The van der Waals surface area contributed by atoms with Crippen LogP contribution in [0, 0.1) is 13.8 Å². The minimum Gasteiger partial charge on any atom is -0.360 e. The summed E-state index contributed by atoms with van der Waals surface area (Å²) in [6.07, 6.45) is 3.30. The van der Waals surface area contributed by atoms with Crippen LogP contribution < -0.4 is 4.31 Å². The van der Waals surface area contributed by atoms with Crippen LogP contribution in [0.15, 0.2) is 64.3 Å². The summed E-state index contributed by atoms with van der Waals surface area (Å²) in [6, 6.07) is 12.6. The number of aromatic nitrogens is 2. The summed E-state index contributed by atoms with van der Waals surface area (Å²) in [4.78, 5) is 4.17. The van der Waals surface area contributed by atoms with Gasteiger partial charge < -0.3 is 4.52 Å². The van der Waals surface area contributed by atoms with Gasteiger partial charge in [0.1, 0.15) is 5.69 Å². The lowest BCUT2D eigenvalue weighted by Gasteiger charge is -2.24. The average Bonchev–Trinajstić information content (AvgIpc) is 2.93. The quantitative estimate of drug-likeness (QED) is 0.711. The van der Waals surface area contributed by atoms with Gasteiger partial charge in [0.15, 0.2) is 10.7 Å². The Morgan fingerprint density at radius 1 is 1.08 bits per heavy atom. The third-order valence-electron chi connectivity index (χ3n) is 3.61. The molecule has 0 N–H and O–H groups in total. The first-order valence-corrected chi connectivity index (χ1v) is 8.83. The van der Waals surface area contributed by atoms with Crippen molar-refractivity contribution in [1.82, 2.24) is 10.1 Å². The Labute approximate surface area is 140 Å². The van der Waals surface area contributed by atoms with Crippen molar-refractivity contribution in [1.29, 1.82) is 0 Å². The molecule has 0 aliphatic carbocycles. The van der Waals surface area contributed by atoms with Crippen molar-refractivity contribution in [3.63, 3.8) is 0 Å². The van der Waals surface area contributed by atoms with Crippen LogP contribution in [0.5, 0.6) is 0 Å². The molecule has 7 heteroatoms. The Hall–Kier alpha value is -2.67. The van der Waals surface area contributed by atoms with E-state index in [1.54, 1.807) is 56.6 Å². The minimum atomic E-state index is -3.82. The molecule has 0 saturated carbocycles. The van der Waals surface area contributed by atoms with Gasteiger partial charge in [-0.05, 0) is 37.6 Å². The Balaban J connectivity index is 2.11. The molecule has 6 nitrogen and oxygen atoms in total. The van der Waals surface area contributed by atoms with E-state index in [0.717, 1.165) is 5.56 Å². The van der Waals surface area contributed by atoms with E-state index in [4.69, 9.17) is 4.52 Å². The Morgan fingerprint density at radius 2 is 1.83 bits per heavy atom. The number of nitrogens with zero attached hydrogens (tertiary/aromatic N) is 3. The standard InChI is InChI=1S/C17H17N3O3S/c1-13-17(14(2)23-19-13)24(21,22)20(16-8-4-3-5-9-16)12-15-7-6-10-18-11-15/h3-11H,12H2,1-2H3. The largest absolute Gasteiger partial charge is 0.360 e. The van der Waals surface area contributed by atoms with E-state index in [-0.39, 0.29) is 17.2 Å². The molecule has 124 valence electrons. The summed E-state index contributed by atoms with van der Waals surface area (Å²) in [6.45, 7) is 3.39. The van der Waals surface area contributed by atoms with Gasteiger partial charge in [0.25, 0.3) is 10.0 Å². The second kappa shape index (κ2) is 6.45. The Morgan fingerprint density at radius 3 is 2.42 bits per heavy atom. The number of para-hydroxylation sites is 1. The molecule has 0 fully saturated rings.